The molecule has 0 spiro atoms. The Labute approximate surface area is 119 Å². The van der Waals surface area contributed by atoms with Crippen molar-refractivity contribution in [3.63, 3.8) is 0 Å². The van der Waals surface area contributed by atoms with Gasteiger partial charge in [0.05, 0.1) is 19.2 Å². The molecule has 1 aromatic heterocycles. The largest absolute Gasteiger partial charge is 0.497 e. The highest BCUT2D eigenvalue weighted by molar-refractivity contribution is 5.40. The number of nitrogens with one attached hydrogen (secondary N) is 1. The molecule has 3 rings (SSSR count). The number of imidazole rings is 1. The SMILES string of the molecule is CNC1c2ccc(OC)cc2CCC1n1ccnc1C. The van der Waals surface area contributed by atoms with E-state index in [1.807, 2.05) is 19.3 Å². The van der Waals surface area contributed by atoms with Crippen LogP contribution < -0.4 is 10.1 Å². The Balaban J connectivity index is 2.00. The smallest absolute Gasteiger partial charge is 0.119 e. The number of aromatic nitrogens is 2. The van der Waals surface area contributed by atoms with Gasteiger partial charge in [-0.15, -0.1) is 0 Å². The van der Waals surface area contributed by atoms with E-state index < -0.39 is 0 Å². The molecule has 20 heavy (non-hydrogen) atoms. The number of likely N-dealkylation sites (N-methyl/N-ethyl adjacent to an activating group) is 1. The van der Waals surface area contributed by atoms with Gasteiger partial charge in [-0.2, -0.15) is 0 Å². The topological polar surface area (TPSA) is 39.1 Å². The highest BCUT2D eigenvalue weighted by atomic mass is 16.5. The Kier molecular flexibility index (Phi) is 3.49. The van der Waals surface area contributed by atoms with Crippen LogP contribution >= 0.6 is 0 Å². The zero-order valence-corrected chi connectivity index (χ0v) is 12.3. The molecule has 4 heteroatoms. The van der Waals surface area contributed by atoms with Crippen molar-refractivity contribution in [2.45, 2.75) is 31.8 Å². The third kappa shape index (κ3) is 2.10. The zero-order chi connectivity index (χ0) is 14.1. The second-order valence-electron chi connectivity index (χ2n) is 5.32. The van der Waals surface area contributed by atoms with Gasteiger partial charge in [0.25, 0.3) is 0 Å². The molecule has 0 radical (unpaired) electrons. The van der Waals surface area contributed by atoms with Crippen LogP contribution in [0.3, 0.4) is 0 Å². The molecule has 0 saturated carbocycles. The van der Waals surface area contributed by atoms with Gasteiger partial charge in [0.15, 0.2) is 0 Å². The number of nitrogens with zero attached hydrogens (tertiary/aromatic N) is 2. The maximum absolute atomic E-state index is 5.33. The summed E-state index contributed by atoms with van der Waals surface area (Å²) in [6.07, 6.45) is 6.15. The van der Waals surface area contributed by atoms with E-state index >= 15 is 0 Å². The monoisotopic (exact) mass is 271 g/mol. The summed E-state index contributed by atoms with van der Waals surface area (Å²) >= 11 is 0. The van der Waals surface area contributed by atoms with Crippen molar-refractivity contribution in [3.05, 3.63) is 47.5 Å². The molecule has 0 bridgehead atoms. The van der Waals surface area contributed by atoms with Gasteiger partial charge < -0.3 is 14.6 Å². The van der Waals surface area contributed by atoms with Gasteiger partial charge in [0.2, 0.25) is 0 Å². The molecular weight excluding hydrogens is 250 g/mol. The number of methoxy groups -OCH3 is 1. The Morgan fingerprint density at radius 3 is 2.90 bits per heavy atom. The molecule has 0 amide bonds. The first-order chi connectivity index (χ1) is 9.74. The third-order valence-electron chi connectivity index (χ3n) is 4.31. The van der Waals surface area contributed by atoms with Crippen molar-refractivity contribution in [1.82, 2.24) is 14.9 Å². The van der Waals surface area contributed by atoms with Crippen molar-refractivity contribution >= 4 is 0 Å². The van der Waals surface area contributed by atoms with E-state index in [1.165, 1.54) is 11.1 Å². The van der Waals surface area contributed by atoms with Gasteiger partial charge >= 0.3 is 0 Å². The number of ether oxygens (including phenoxy) is 1. The van der Waals surface area contributed by atoms with Crippen LogP contribution in [0.2, 0.25) is 0 Å². The summed E-state index contributed by atoms with van der Waals surface area (Å²) in [7, 11) is 3.75. The fourth-order valence-electron chi connectivity index (χ4n) is 3.29. The summed E-state index contributed by atoms with van der Waals surface area (Å²) in [5, 5.41) is 3.47. The van der Waals surface area contributed by atoms with E-state index in [2.05, 4.69) is 40.1 Å². The van der Waals surface area contributed by atoms with Gasteiger partial charge in [0, 0.05) is 12.4 Å². The molecule has 2 atom stereocenters. The number of fused-ring (bicyclic) bond motifs is 1. The lowest BCUT2D eigenvalue weighted by atomic mass is 9.83. The fraction of sp³-hybridized carbons (Fsp3) is 0.438. The second kappa shape index (κ2) is 5.29. The molecule has 1 aliphatic carbocycles. The van der Waals surface area contributed by atoms with Crippen LogP contribution in [0, 0.1) is 6.92 Å². The first-order valence-electron chi connectivity index (χ1n) is 7.08. The average molecular weight is 271 g/mol. The van der Waals surface area contributed by atoms with E-state index in [-0.39, 0.29) is 0 Å². The Hall–Kier alpha value is -1.81. The summed E-state index contributed by atoms with van der Waals surface area (Å²) in [5.41, 5.74) is 2.76. The van der Waals surface area contributed by atoms with Gasteiger partial charge in [-0.1, -0.05) is 6.07 Å². The van der Waals surface area contributed by atoms with Gasteiger partial charge in [0.1, 0.15) is 11.6 Å². The predicted octanol–water partition coefficient (Wildman–Crippen LogP) is 2.65. The van der Waals surface area contributed by atoms with E-state index in [0.29, 0.717) is 12.1 Å². The van der Waals surface area contributed by atoms with E-state index in [0.717, 1.165) is 24.4 Å². The van der Waals surface area contributed by atoms with E-state index in [4.69, 9.17) is 4.74 Å². The lowest BCUT2D eigenvalue weighted by Gasteiger charge is -2.35. The Bertz CT molecular complexity index is 606. The number of aryl methyl sites for hydroxylation is 2. The first-order valence-corrected chi connectivity index (χ1v) is 7.08. The third-order valence-corrected chi connectivity index (χ3v) is 4.31. The molecule has 2 unspecified atom stereocenters. The highest BCUT2D eigenvalue weighted by Crippen LogP contribution is 2.39. The van der Waals surface area contributed by atoms with Gasteiger partial charge in [-0.05, 0) is 50.1 Å². The van der Waals surface area contributed by atoms with Gasteiger partial charge in [-0.3, -0.25) is 0 Å². The van der Waals surface area contributed by atoms with Gasteiger partial charge in [-0.25, -0.2) is 4.98 Å². The predicted molar refractivity (Wildman–Crippen MR) is 79.1 cm³/mol. The van der Waals surface area contributed by atoms with Crippen molar-refractivity contribution < 1.29 is 4.74 Å². The van der Waals surface area contributed by atoms with Crippen LogP contribution in [0.15, 0.2) is 30.6 Å². The van der Waals surface area contributed by atoms with Crippen LogP contribution in [0.4, 0.5) is 0 Å². The van der Waals surface area contributed by atoms with E-state index in [1.54, 1.807) is 7.11 Å². The minimum Gasteiger partial charge on any atom is -0.497 e. The molecule has 1 aliphatic rings. The average Bonchev–Trinajstić information content (AvgIpc) is 2.91. The van der Waals surface area contributed by atoms with Crippen LogP contribution in [0.25, 0.3) is 0 Å². The normalized spacial score (nSPS) is 21.6. The minimum atomic E-state index is 0.317. The maximum Gasteiger partial charge on any atom is 0.119 e. The molecule has 0 saturated heterocycles. The van der Waals surface area contributed by atoms with Crippen LogP contribution in [0.1, 0.15) is 35.5 Å². The molecule has 0 fully saturated rings. The number of hydrogen-bond donors (Lipinski definition) is 1. The number of rotatable bonds is 3. The minimum absolute atomic E-state index is 0.317. The molecule has 0 aliphatic heterocycles. The molecule has 1 aromatic carbocycles. The Morgan fingerprint density at radius 1 is 1.40 bits per heavy atom. The summed E-state index contributed by atoms with van der Waals surface area (Å²) in [6.45, 7) is 2.07. The molecule has 106 valence electrons. The Morgan fingerprint density at radius 2 is 2.25 bits per heavy atom. The number of hydrogen-bond acceptors (Lipinski definition) is 3. The van der Waals surface area contributed by atoms with Crippen LogP contribution in [0.5, 0.6) is 5.75 Å². The number of benzene rings is 1. The molecular formula is C16H21N3O. The fourth-order valence-corrected chi connectivity index (χ4v) is 3.29. The summed E-state index contributed by atoms with van der Waals surface area (Å²) < 4.78 is 7.62. The first kappa shape index (κ1) is 13.2. The van der Waals surface area contributed by atoms with Crippen molar-refractivity contribution in [2.75, 3.05) is 14.2 Å². The summed E-state index contributed by atoms with van der Waals surface area (Å²) in [5.74, 6) is 2.02. The van der Waals surface area contributed by atoms with Crippen molar-refractivity contribution in [2.24, 2.45) is 0 Å². The molecule has 2 aromatic rings. The van der Waals surface area contributed by atoms with E-state index in [9.17, 15) is 0 Å². The molecule has 1 heterocycles. The van der Waals surface area contributed by atoms with Crippen LogP contribution in [-0.2, 0) is 6.42 Å². The second-order valence-corrected chi connectivity index (χ2v) is 5.32. The van der Waals surface area contributed by atoms with Crippen molar-refractivity contribution in [1.29, 1.82) is 0 Å². The maximum atomic E-state index is 5.33. The van der Waals surface area contributed by atoms with Crippen LogP contribution in [-0.4, -0.2) is 23.7 Å². The standard InChI is InChI=1S/C16H21N3O/c1-11-18-8-9-19(11)15-7-4-12-10-13(20-3)5-6-14(12)16(15)17-2/h5-6,8-10,15-17H,4,7H2,1-3H3. The lowest BCUT2D eigenvalue weighted by Crippen LogP contribution is -2.32. The summed E-state index contributed by atoms with van der Waals surface area (Å²) in [4.78, 5) is 4.36. The lowest BCUT2D eigenvalue weighted by molar-refractivity contribution is 0.326. The molecule has 4 nitrogen and oxygen atoms in total. The molecule has 1 N–H and O–H groups in total. The highest BCUT2D eigenvalue weighted by Gasteiger charge is 2.30. The quantitative estimate of drug-likeness (QED) is 0.932. The summed E-state index contributed by atoms with van der Waals surface area (Å²) in [6, 6.07) is 7.14. The van der Waals surface area contributed by atoms with Crippen molar-refractivity contribution in [3.8, 4) is 5.75 Å². The zero-order valence-electron chi connectivity index (χ0n) is 12.3.